The summed E-state index contributed by atoms with van der Waals surface area (Å²) in [6, 6.07) is 10.9. The number of pyridine rings is 1. The van der Waals surface area contributed by atoms with E-state index in [1.807, 2.05) is 18.2 Å². The van der Waals surface area contributed by atoms with Gasteiger partial charge in [0.1, 0.15) is 17.8 Å². The van der Waals surface area contributed by atoms with Crippen LogP contribution in [0.3, 0.4) is 0 Å². The molecule has 0 bridgehead atoms. The zero-order valence-corrected chi connectivity index (χ0v) is 15.8. The van der Waals surface area contributed by atoms with Crippen LogP contribution in [0.1, 0.15) is 5.69 Å². The number of benzene rings is 1. The molecule has 5 N–H and O–H groups in total. The number of aliphatic hydroxyl groups is 1. The van der Waals surface area contributed by atoms with Gasteiger partial charge in [0.05, 0.1) is 23.7 Å². The zero-order valence-electron chi connectivity index (χ0n) is 15.0. The monoisotopic (exact) mass is 396 g/mol. The van der Waals surface area contributed by atoms with Crippen molar-refractivity contribution in [1.82, 2.24) is 14.8 Å². The van der Waals surface area contributed by atoms with Gasteiger partial charge in [-0.25, -0.2) is 4.68 Å². The maximum atomic E-state index is 8.99. The van der Waals surface area contributed by atoms with Crippen LogP contribution in [0.5, 0.6) is 5.75 Å². The lowest BCUT2D eigenvalue weighted by Crippen LogP contribution is -2.22. The Hall–Kier alpha value is -3.17. The van der Waals surface area contributed by atoms with Gasteiger partial charge >= 0.3 is 0 Å². The summed E-state index contributed by atoms with van der Waals surface area (Å²) in [6.07, 6.45) is 4.12. The van der Waals surface area contributed by atoms with Gasteiger partial charge in [-0.05, 0) is 36.4 Å². The van der Waals surface area contributed by atoms with E-state index in [9.17, 15) is 0 Å². The maximum absolute atomic E-state index is 8.99. The number of ether oxygens (including phenoxy) is 1. The molecule has 0 aliphatic carbocycles. The van der Waals surface area contributed by atoms with Crippen LogP contribution in [0, 0.1) is 10.8 Å². The van der Waals surface area contributed by atoms with Crippen molar-refractivity contribution in [3.8, 4) is 5.75 Å². The van der Waals surface area contributed by atoms with Crippen molar-refractivity contribution in [3.05, 3.63) is 60.0 Å². The predicted molar refractivity (Wildman–Crippen MR) is 109 cm³/mol. The molecule has 2 aromatic heterocycles. The molecule has 1 aromatic carbocycles. The number of nitrogens with two attached hydrogens (primary N) is 1. The molecule has 0 fully saturated rings. The first kappa shape index (κ1) is 19.6. The van der Waals surface area contributed by atoms with Gasteiger partial charge < -0.3 is 21.0 Å². The van der Waals surface area contributed by atoms with Gasteiger partial charge in [-0.15, -0.1) is 11.8 Å². The van der Waals surface area contributed by atoms with E-state index >= 15 is 0 Å². The summed E-state index contributed by atoms with van der Waals surface area (Å²) in [5.41, 5.74) is 7.61. The van der Waals surface area contributed by atoms with E-state index in [2.05, 4.69) is 10.1 Å². The molecule has 0 aliphatic heterocycles. The number of rotatable bonds is 8. The molecule has 28 heavy (non-hydrogen) atoms. The highest BCUT2D eigenvalue weighted by Gasteiger charge is 2.07. The first-order chi connectivity index (χ1) is 13.7. The number of allylic oxidation sites excluding steroid dienone is 1. The number of aliphatic hydroxyl groups excluding tert-OH is 1. The molecule has 3 aromatic rings. The molecule has 0 amide bonds. The highest BCUT2D eigenvalue weighted by atomic mass is 32.2. The van der Waals surface area contributed by atoms with Crippen LogP contribution in [0.25, 0.3) is 16.5 Å². The van der Waals surface area contributed by atoms with Crippen molar-refractivity contribution in [1.29, 1.82) is 10.8 Å². The average molecular weight is 396 g/mol. The molecule has 0 aliphatic rings. The summed E-state index contributed by atoms with van der Waals surface area (Å²) in [4.78, 5) is 5.30. The van der Waals surface area contributed by atoms with Gasteiger partial charge in [0, 0.05) is 34.5 Å². The number of fused-ring (bicyclic) bond motifs is 1. The second kappa shape index (κ2) is 9.16. The van der Waals surface area contributed by atoms with Crippen molar-refractivity contribution >= 4 is 34.5 Å². The van der Waals surface area contributed by atoms with Gasteiger partial charge in [0.15, 0.2) is 0 Å². The third-order valence-electron chi connectivity index (χ3n) is 3.91. The van der Waals surface area contributed by atoms with Crippen LogP contribution in [0.2, 0.25) is 0 Å². The van der Waals surface area contributed by atoms with Gasteiger partial charge in [-0.3, -0.25) is 10.4 Å². The van der Waals surface area contributed by atoms with Gasteiger partial charge in [-0.1, -0.05) is 0 Å². The molecular formula is C19H20N6O2S. The largest absolute Gasteiger partial charge is 0.490 e. The van der Waals surface area contributed by atoms with Crippen LogP contribution < -0.4 is 16.0 Å². The van der Waals surface area contributed by atoms with Crippen molar-refractivity contribution in [2.45, 2.75) is 10.8 Å². The van der Waals surface area contributed by atoms with Crippen molar-refractivity contribution in [2.75, 3.05) is 13.2 Å². The summed E-state index contributed by atoms with van der Waals surface area (Å²) in [5.74, 6) is 1.08. The lowest BCUT2D eigenvalue weighted by atomic mass is 10.2. The number of hydrogen-bond donors (Lipinski definition) is 4. The van der Waals surface area contributed by atoms with Crippen LogP contribution in [0.4, 0.5) is 0 Å². The first-order valence-corrected chi connectivity index (χ1v) is 9.45. The topological polar surface area (TPSA) is 134 Å². The van der Waals surface area contributed by atoms with E-state index in [1.165, 1.54) is 18.0 Å². The Morgan fingerprint density at radius 3 is 2.89 bits per heavy atom. The first-order valence-electron chi connectivity index (χ1n) is 8.47. The maximum Gasteiger partial charge on any atom is 0.142 e. The summed E-state index contributed by atoms with van der Waals surface area (Å²) in [6.45, 7) is 0.160. The molecule has 0 saturated heterocycles. The minimum absolute atomic E-state index is 0.0574. The third-order valence-corrected chi connectivity index (χ3v) is 4.87. The van der Waals surface area contributed by atoms with Crippen LogP contribution >= 0.6 is 11.8 Å². The standard InChI is InChI=1S/C19H20N6O2S/c20-10-13(11-21)16-3-4-19(22)25(24-16)12-28-14-1-2-17-15(9-14)18(5-6-23-17)27-8-7-26/h1-6,9-11,20,22,26H,7-8,12,21H2/b13-11+,20-10?,22-19?. The molecule has 2 heterocycles. The van der Waals surface area contributed by atoms with E-state index in [0.29, 0.717) is 22.9 Å². The Balaban J connectivity index is 1.85. The van der Waals surface area contributed by atoms with Crippen LogP contribution in [-0.4, -0.2) is 39.3 Å². The predicted octanol–water partition coefficient (Wildman–Crippen LogP) is 1.98. The van der Waals surface area contributed by atoms with Crippen molar-refractivity contribution in [2.24, 2.45) is 5.73 Å². The fourth-order valence-electron chi connectivity index (χ4n) is 2.53. The Labute approximate surface area is 165 Å². The third kappa shape index (κ3) is 4.38. The number of nitrogens with zero attached hydrogens (tertiary/aromatic N) is 3. The second-order valence-electron chi connectivity index (χ2n) is 5.70. The van der Waals surface area contributed by atoms with Crippen LogP contribution in [-0.2, 0) is 5.88 Å². The summed E-state index contributed by atoms with van der Waals surface area (Å²) >= 11 is 1.51. The molecule has 0 spiro atoms. The number of aromatic nitrogens is 3. The lowest BCUT2D eigenvalue weighted by Gasteiger charge is -2.10. The minimum atomic E-state index is -0.0574. The quantitative estimate of drug-likeness (QED) is 0.340. The molecule has 0 unspecified atom stereocenters. The SMILES string of the molecule is N=C/C(=C\N)c1ccc(=N)n(CSc2ccc3nccc(OCCO)c3c2)n1. The molecule has 3 rings (SSSR count). The number of nitrogens with one attached hydrogen (secondary N) is 2. The van der Waals surface area contributed by atoms with Gasteiger partial charge in [-0.2, -0.15) is 5.10 Å². The highest BCUT2D eigenvalue weighted by Crippen LogP contribution is 2.29. The molecule has 144 valence electrons. The Morgan fingerprint density at radius 2 is 2.14 bits per heavy atom. The number of thioether (sulfide) groups is 1. The van der Waals surface area contributed by atoms with E-state index in [-0.39, 0.29) is 18.7 Å². The van der Waals surface area contributed by atoms with Gasteiger partial charge in [0.2, 0.25) is 0 Å². The Morgan fingerprint density at radius 1 is 1.29 bits per heavy atom. The molecular weight excluding hydrogens is 376 g/mol. The fraction of sp³-hybridized carbons (Fsp3) is 0.158. The highest BCUT2D eigenvalue weighted by molar-refractivity contribution is 7.98. The molecule has 8 nitrogen and oxygen atoms in total. The normalized spacial score (nSPS) is 11.5. The minimum Gasteiger partial charge on any atom is -0.490 e. The van der Waals surface area contributed by atoms with E-state index in [0.717, 1.165) is 22.0 Å². The molecule has 0 saturated carbocycles. The Bertz CT molecular complexity index is 1080. The summed E-state index contributed by atoms with van der Waals surface area (Å²) < 4.78 is 7.13. The zero-order chi connectivity index (χ0) is 19.9. The lowest BCUT2D eigenvalue weighted by molar-refractivity contribution is 0.202. The summed E-state index contributed by atoms with van der Waals surface area (Å²) in [7, 11) is 0. The van der Waals surface area contributed by atoms with Crippen molar-refractivity contribution < 1.29 is 9.84 Å². The van der Waals surface area contributed by atoms with E-state index < -0.39 is 0 Å². The van der Waals surface area contributed by atoms with E-state index in [4.69, 9.17) is 26.4 Å². The molecule has 9 heteroatoms. The molecule has 0 atom stereocenters. The fourth-order valence-corrected chi connectivity index (χ4v) is 3.36. The van der Waals surface area contributed by atoms with Crippen molar-refractivity contribution in [3.63, 3.8) is 0 Å². The Kier molecular flexibility index (Phi) is 6.41. The summed E-state index contributed by atoms with van der Waals surface area (Å²) in [5, 5.41) is 29.7. The second-order valence-corrected chi connectivity index (χ2v) is 6.72. The van der Waals surface area contributed by atoms with E-state index in [1.54, 1.807) is 29.1 Å². The smallest absolute Gasteiger partial charge is 0.142 e. The van der Waals surface area contributed by atoms with Gasteiger partial charge in [0.25, 0.3) is 0 Å². The average Bonchev–Trinajstić information content (AvgIpc) is 2.73. The number of hydrogen-bond acceptors (Lipinski definition) is 8. The van der Waals surface area contributed by atoms with Crippen LogP contribution in [0.15, 0.2) is 53.7 Å². The molecule has 0 radical (unpaired) electrons.